The number of hydrogen-bond donors (Lipinski definition) is 0. The van der Waals surface area contributed by atoms with E-state index in [1.165, 1.54) is 5.06 Å². The molecule has 3 aliphatic heterocycles. The van der Waals surface area contributed by atoms with Gasteiger partial charge in [-0.1, -0.05) is 17.7 Å². The summed E-state index contributed by atoms with van der Waals surface area (Å²) in [5.41, 5.74) is 2.96. The van der Waals surface area contributed by atoms with Crippen LogP contribution in [0.3, 0.4) is 0 Å². The van der Waals surface area contributed by atoms with Crippen molar-refractivity contribution in [1.29, 1.82) is 0 Å². The van der Waals surface area contributed by atoms with Crippen molar-refractivity contribution in [2.24, 2.45) is 0 Å². The van der Waals surface area contributed by atoms with E-state index < -0.39 is 11.5 Å². The molecule has 0 N–H and O–H groups in total. The van der Waals surface area contributed by atoms with Gasteiger partial charge in [0.15, 0.2) is 5.78 Å². The molecule has 2 unspecified atom stereocenters. The number of benzene rings is 1. The van der Waals surface area contributed by atoms with E-state index in [0.29, 0.717) is 32.5 Å². The van der Waals surface area contributed by atoms with Crippen LogP contribution in [0.15, 0.2) is 12.1 Å². The van der Waals surface area contributed by atoms with Crippen LogP contribution in [0.1, 0.15) is 60.3 Å². The molecule has 170 valence electrons. The topological polar surface area (TPSA) is 68.3 Å². The van der Waals surface area contributed by atoms with Crippen LogP contribution in [-0.4, -0.2) is 66.9 Å². The van der Waals surface area contributed by atoms with Crippen molar-refractivity contribution in [3.63, 3.8) is 0 Å². The van der Waals surface area contributed by atoms with E-state index in [1.54, 1.807) is 7.11 Å². The molecule has 1 amide bonds. The van der Waals surface area contributed by atoms with Crippen molar-refractivity contribution in [3.05, 3.63) is 34.4 Å². The lowest BCUT2D eigenvalue weighted by molar-refractivity contribution is -0.240. The molecule has 1 aromatic rings. The summed E-state index contributed by atoms with van der Waals surface area (Å²) in [5, 5.41) is 3.25. The predicted octanol–water partition coefficient (Wildman–Crippen LogP) is 3.00. The van der Waals surface area contributed by atoms with Crippen LogP contribution in [-0.2, 0) is 24.0 Å². The van der Waals surface area contributed by atoms with Gasteiger partial charge in [-0.3, -0.25) is 14.4 Å². The molecule has 4 rings (SSSR count). The fourth-order valence-corrected chi connectivity index (χ4v) is 5.48. The highest BCUT2D eigenvalue weighted by Gasteiger charge is 2.61. The van der Waals surface area contributed by atoms with Crippen molar-refractivity contribution >= 4 is 11.7 Å². The highest BCUT2D eigenvalue weighted by atomic mass is 16.7. The zero-order valence-corrected chi connectivity index (χ0v) is 19.1. The van der Waals surface area contributed by atoms with Crippen molar-refractivity contribution in [3.8, 4) is 0 Å². The van der Waals surface area contributed by atoms with Crippen LogP contribution in [0.2, 0.25) is 0 Å². The van der Waals surface area contributed by atoms with E-state index in [-0.39, 0.29) is 17.8 Å². The summed E-state index contributed by atoms with van der Waals surface area (Å²) in [6.45, 7) is 8.17. The van der Waals surface area contributed by atoms with E-state index in [9.17, 15) is 9.59 Å². The minimum absolute atomic E-state index is 0.0327. The fraction of sp³-hybridized carbons (Fsp3) is 0.667. The fourth-order valence-electron chi connectivity index (χ4n) is 5.48. The van der Waals surface area contributed by atoms with Crippen molar-refractivity contribution in [2.75, 3.05) is 33.4 Å². The van der Waals surface area contributed by atoms with Gasteiger partial charge in [0, 0.05) is 19.7 Å². The smallest absolute Gasteiger partial charge is 0.262 e. The Bertz CT molecular complexity index is 817. The van der Waals surface area contributed by atoms with Crippen LogP contribution in [0.25, 0.3) is 0 Å². The third kappa shape index (κ3) is 4.04. The summed E-state index contributed by atoms with van der Waals surface area (Å²) in [4.78, 5) is 39.1. The number of rotatable bonds is 5. The summed E-state index contributed by atoms with van der Waals surface area (Å²) in [6, 6.07) is 4.09. The largest absolute Gasteiger partial charge is 0.376 e. The van der Waals surface area contributed by atoms with Crippen LogP contribution >= 0.6 is 0 Å². The Balaban J connectivity index is 1.66. The summed E-state index contributed by atoms with van der Waals surface area (Å²) in [5.74, 6) is -1.11. The second-order valence-corrected chi connectivity index (χ2v) is 9.17. The number of ether oxygens (including phenoxy) is 1. The molecule has 1 spiro atoms. The molecule has 31 heavy (non-hydrogen) atoms. The molecule has 0 radical (unpaired) electrons. The first-order valence-corrected chi connectivity index (χ1v) is 11.4. The van der Waals surface area contributed by atoms with Crippen molar-refractivity contribution in [1.82, 2.24) is 10.1 Å². The van der Waals surface area contributed by atoms with Gasteiger partial charge in [-0.25, -0.2) is 5.06 Å². The van der Waals surface area contributed by atoms with Crippen LogP contribution in [0.4, 0.5) is 0 Å². The Labute approximate surface area is 184 Å². The molecule has 0 saturated carbocycles. The number of nitrogens with zero attached hydrogens (tertiary/aromatic N) is 2. The Morgan fingerprint density at radius 3 is 2.35 bits per heavy atom. The molecule has 1 aromatic carbocycles. The second-order valence-electron chi connectivity index (χ2n) is 9.17. The van der Waals surface area contributed by atoms with Gasteiger partial charge in [-0.2, -0.15) is 5.06 Å². The highest BCUT2D eigenvalue weighted by molar-refractivity contribution is 6.17. The van der Waals surface area contributed by atoms with E-state index in [1.807, 2.05) is 38.0 Å². The van der Waals surface area contributed by atoms with Crippen LogP contribution < -0.4 is 0 Å². The minimum atomic E-state index is -0.949. The Kier molecular flexibility index (Phi) is 6.49. The predicted molar refractivity (Wildman–Crippen MR) is 115 cm³/mol. The molecule has 3 fully saturated rings. The van der Waals surface area contributed by atoms with Crippen LogP contribution in [0, 0.1) is 20.8 Å². The Morgan fingerprint density at radius 2 is 1.77 bits per heavy atom. The monoisotopic (exact) mass is 430 g/mol. The zero-order valence-electron chi connectivity index (χ0n) is 19.1. The molecule has 2 atom stereocenters. The average molecular weight is 431 g/mol. The quantitative estimate of drug-likeness (QED) is 0.669. The third-order valence-electron chi connectivity index (χ3n) is 7.05. The zero-order chi connectivity index (χ0) is 22.2. The standard InChI is InChI=1S/C24H34N2O5/c1-16-13-17(2)20(18(3)14-16)21-22(27)24(8-10-25(29-4)11-9-24)26(23(21)28)31-15-19-7-5-6-12-30-19/h13-14,19,21H,5-12,15H2,1-4H3. The normalized spacial score (nSPS) is 26.8. The number of amides is 1. The molecular formula is C24H34N2O5. The van der Waals surface area contributed by atoms with E-state index >= 15 is 0 Å². The van der Waals surface area contributed by atoms with E-state index in [4.69, 9.17) is 14.4 Å². The van der Waals surface area contributed by atoms with E-state index in [0.717, 1.165) is 48.1 Å². The van der Waals surface area contributed by atoms with Crippen LogP contribution in [0.5, 0.6) is 0 Å². The molecule has 0 aromatic heterocycles. The van der Waals surface area contributed by atoms with Crippen molar-refractivity contribution in [2.45, 2.75) is 70.4 Å². The van der Waals surface area contributed by atoms with Gasteiger partial charge < -0.3 is 9.57 Å². The molecule has 0 bridgehead atoms. The lowest BCUT2D eigenvalue weighted by Crippen LogP contribution is -2.56. The number of ketones is 1. The van der Waals surface area contributed by atoms with Crippen molar-refractivity contribution < 1.29 is 24.0 Å². The number of Topliss-reactive ketones (excluding diaryl/α,β-unsaturated/α-hetero) is 1. The first-order valence-electron chi connectivity index (χ1n) is 11.4. The lowest BCUT2D eigenvalue weighted by Gasteiger charge is -2.41. The van der Waals surface area contributed by atoms with Gasteiger partial charge in [-0.15, -0.1) is 0 Å². The molecule has 3 saturated heterocycles. The number of piperidine rings is 1. The van der Waals surface area contributed by atoms with Gasteiger partial charge in [0.25, 0.3) is 5.91 Å². The SMILES string of the molecule is CON1CCC2(CC1)C(=O)C(c1c(C)cc(C)cc1C)C(=O)N2OCC1CCCCO1. The summed E-state index contributed by atoms with van der Waals surface area (Å²) >= 11 is 0. The number of carbonyl (C=O) groups is 2. The molecule has 3 aliphatic rings. The van der Waals surface area contributed by atoms with Gasteiger partial charge in [0.1, 0.15) is 18.1 Å². The highest BCUT2D eigenvalue weighted by Crippen LogP contribution is 2.45. The summed E-state index contributed by atoms with van der Waals surface area (Å²) in [7, 11) is 1.64. The first kappa shape index (κ1) is 22.4. The minimum Gasteiger partial charge on any atom is -0.376 e. The molecule has 7 heteroatoms. The molecule has 0 aliphatic carbocycles. The number of carbonyl (C=O) groups excluding carboxylic acids is 2. The number of hydrogen-bond acceptors (Lipinski definition) is 6. The maximum absolute atomic E-state index is 13.9. The number of aryl methyl sites for hydroxylation is 3. The van der Waals surface area contributed by atoms with Gasteiger partial charge >= 0.3 is 0 Å². The maximum Gasteiger partial charge on any atom is 0.262 e. The molecular weight excluding hydrogens is 396 g/mol. The average Bonchev–Trinajstić information content (AvgIpc) is 2.94. The Hall–Kier alpha value is -1.80. The number of hydroxylamine groups is 4. The van der Waals surface area contributed by atoms with Gasteiger partial charge in [0.05, 0.1) is 13.2 Å². The molecule has 3 heterocycles. The maximum atomic E-state index is 13.9. The Morgan fingerprint density at radius 1 is 1.10 bits per heavy atom. The second kappa shape index (κ2) is 8.98. The van der Waals surface area contributed by atoms with Gasteiger partial charge in [0.2, 0.25) is 0 Å². The van der Waals surface area contributed by atoms with Gasteiger partial charge in [-0.05, 0) is 69.6 Å². The molecule has 7 nitrogen and oxygen atoms in total. The summed E-state index contributed by atoms with van der Waals surface area (Å²) in [6.07, 6.45) is 4.03. The first-order chi connectivity index (χ1) is 14.9. The summed E-state index contributed by atoms with van der Waals surface area (Å²) < 4.78 is 5.80. The van der Waals surface area contributed by atoms with E-state index in [2.05, 4.69) is 0 Å². The third-order valence-corrected chi connectivity index (χ3v) is 7.05. The lowest BCUT2D eigenvalue weighted by atomic mass is 9.79.